The molecule has 1 heterocycles. The molecule has 0 aliphatic heterocycles. The summed E-state index contributed by atoms with van der Waals surface area (Å²) in [5.74, 6) is 0.649. The molecular formula is C9H12F2N2S. The van der Waals surface area contributed by atoms with E-state index in [1.807, 2.05) is 20.0 Å². The number of hydrogen-bond donors (Lipinski definition) is 0. The first-order valence-corrected chi connectivity index (χ1v) is 5.23. The third-order valence-electron chi connectivity index (χ3n) is 1.63. The highest BCUT2D eigenvalue weighted by atomic mass is 32.2. The van der Waals surface area contributed by atoms with Crippen LogP contribution >= 0.6 is 11.8 Å². The number of aromatic nitrogens is 2. The van der Waals surface area contributed by atoms with Gasteiger partial charge in [-0.05, 0) is 25.5 Å². The fourth-order valence-electron chi connectivity index (χ4n) is 1.05. The van der Waals surface area contributed by atoms with E-state index in [0.29, 0.717) is 12.2 Å². The maximum atomic E-state index is 11.7. The first-order chi connectivity index (χ1) is 6.59. The molecule has 0 bridgehead atoms. The first kappa shape index (κ1) is 11.2. The second-order valence-electron chi connectivity index (χ2n) is 2.88. The molecule has 0 radical (unpaired) electrons. The molecular weight excluding hydrogens is 206 g/mol. The van der Waals surface area contributed by atoms with Gasteiger partial charge in [0.05, 0.1) is 10.7 Å². The van der Waals surface area contributed by atoms with Crippen LogP contribution < -0.4 is 0 Å². The fraction of sp³-hybridized carbons (Fsp3) is 0.444. The Morgan fingerprint density at radius 1 is 1.64 bits per heavy atom. The van der Waals surface area contributed by atoms with Crippen LogP contribution in [-0.4, -0.2) is 15.5 Å². The summed E-state index contributed by atoms with van der Waals surface area (Å²) in [6, 6.07) is 1.94. The van der Waals surface area contributed by atoms with Crippen LogP contribution in [0, 0.1) is 6.92 Å². The van der Waals surface area contributed by atoms with Crippen LogP contribution in [0.4, 0.5) is 8.78 Å². The number of allylic oxidation sites excluding steroid dienone is 1. The van der Waals surface area contributed by atoms with Crippen molar-refractivity contribution in [2.45, 2.75) is 18.4 Å². The normalized spacial score (nSPS) is 10.3. The van der Waals surface area contributed by atoms with Gasteiger partial charge >= 0.3 is 0 Å². The van der Waals surface area contributed by atoms with Gasteiger partial charge in [0.25, 0.3) is 6.08 Å². The van der Waals surface area contributed by atoms with Crippen molar-refractivity contribution >= 4 is 11.8 Å². The predicted molar refractivity (Wildman–Crippen MR) is 53.6 cm³/mol. The summed E-state index contributed by atoms with van der Waals surface area (Å²) in [6.45, 7) is 1.91. The highest BCUT2D eigenvalue weighted by Gasteiger charge is 2.01. The molecule has 0 N–H and O–H groups in total. The van der Waals surface area contributed by atoms with Crippen LogP contribution in [0.5, 0.6) is 0 Å². The Morgan fingerprint density at radius 3 is 2.86 bits per heavy atom. The summed E-state index contributed by atoms with van der Waals surface area (Å²) in [7, 11) is 1.85. The molecule has 0 unspecified atom stereocenters. The van der Waals surface area contributed by atoms with E-state index in [1.165, 1.54) is 11.8 Å². The molecule has 5 heteroatoms. The SMILES string of the molecule is Cc1cc(SCCC=C(F)F)n(C)n1. The third kappa shape index (κ3) is 3.49. The molecule has 0 atom stereocenters. The molecule has 0 saturated carbocycles. The number of nitrogens with zero attached hydrogens (tertiary/aromatic N) is 2. The van der Waals surface area contributed by atoms with Gasteiger partial charge in [-0.15, -0.1) is 11.8 Å². The summed E-state index contributed by atoms with van der Waals surface area (Å²) < 4.78 is 25.1. The summed E-state index contributed by atoms with van der Waals surface area (Å²) in [4.78, 5) is 0. The molecule has 0 aromatic carbocycles. The lowest BCUT2D eigenvalue weighted by Crippen LogP contribution is -1.92. The van der Waals surface area contributed by atoms with Crippen molar-refractivity contribution in [2.75, 3.05) is 5.75 Å². The quantitative estimate of drug-likeness (QED) is 0.571. The molecule has 0 aliphatic carbocycles. The monoisotopic (exact) mass is 218 g/mol. The van der Waals surface area contributed by atoms with E-state index in [9.17, 15) is 8.78 Å². The Morgan fingerprint density at radius 2 is 2.36 bits per heavy atom. The van der Waals surface area contributed by atoms with Gasteiger partial charge in [0.15, 0.2) is 0 Å². The molecule has 2 nitrogen and oxygen atoms in total. The van der Waals surface area contributed by atoms with Crippen molar-refractivity contribution in [3.63, 3.8) is 0 Å². The van der Waals surface area contributed by atoms with E-state index in [1.54, 1.807) is 4.68 Å². The van der Waals surface area contributed by atoms with E-state index in [0.717, 1.165) is 16.8 Å². The van der Waals surface area contributed by atoms with E-state index in [4.69, 9.17) is 0 Å². The topological polar surface area (TPSA) is 17.8 Å². The predicted octanol–water partition coefficient (Wildman–Crippen LogP) is 2.99. The minimum absolute atomic E-state index is 0.386. The number of aryl methyl sites for hydroxylation is 2. The van der Waals surface area contributed by atoms with Gasteiger partial charge in [0.2, 0.25) is 0 Å². The van der Waals surface area contributed by atoms with Crippen LogP contribution in [0.2, 0.25) is 0 Å². The molecule has 0 fully saturated rings. The summed E-state index contributed by atoms with van der Waals surface area (Å²) in [5.41, 5.74) is 0.946. The Bertz CT molecular complexity index is 330. The molecule has 14 heavy (non-hydrogen) atoms. The lowest BCUT2D eigenvalue weighted by Gasteiger charge is -1.98. The van der Waals surface area contributed by atoms with Crippen molar-refractivity contribution in [1.82, 2.24) is 9.78 Å². The molecule has 0 amide bonds. The van der Waals surface area contributed by atoms with E-state index < -0.39 is 6.08 Å². The number of thioether (sulfide) groups is 1. The third-order valence-corrected chi connectivity index (χ3v) is 2.74. The van der Waals surface area contributed by atoms with Crippen LogP contribution in [0.1, 0.15) is 12.1 Å². The first-order valence-electron chi connectivity index (χ1n) is 4.24. The Balaban J connectivity index is 2.38. The number of halogens is 2. The molecule has 78 valence electrons. The number of rotatable bonds is 4. The average molecular weight is 218 g/mol. The van der Waals surface area contributed by atoms with Crippen LogP contribution in [0.25, 0.3) is 0 Å². The van der Waals surface area contributed by atoms with E-state index in [-0.39, 0.29) is 0 Å². The Kier molecular flexibility index (Phi) is 4.13. The van der Waals surface area contributed by atoms with Crippen molar-refractivity contribution in [3.05, 3.63) is 23.9 Å². The van der Waals surface area contributed by atoms with Gasteiger partial charge in [-0.2, -0.15) is 13.9 Å². The van der Waals surface area contributed by atoms with Gasteiger partial charge in [-0.25, -0.2) is 0 Å². The minimum Gasteiger partial charge on any atom is -0.262 e. The highest BCUT2D eigenvalue weighted by molar-refractivity contribution is 7.99. The minimum atomic E-state index is -1.60. The largest absolute Gasteiger partial charge is 0.266 e. The average Bonchev–Trinajstić information content (AvgIpc) is 2.39. The second-order valence-corrected chi connectivity index (χ2v) is 3.99. The van der Waals surface area contributed by atoms with Gasteiger partial charge < -0.3 is 0 Å². The van der Waals surface area contributed by atoms with Crippen LogP contribution in [-0.2, 0) is 7.05 Å². The van der Waals surface area contributed by atoms with Crippen molar-refractivity contribution in [3.8, 4) is 0 Å². The molecule has 1 aromatic heterocycles. The number of hydrogen-bond acceptors (Lipinski definition) is 2. The maximum Gasteiger partial charge on any atom is 0.266 e. The summed E-state index contributed by atoms with van der Waals surface area (Å²) >= 11 is 1.53. The standard InChI is InChI=1S/C9H12F2N2S/c1-7-6-9(13(2)12-7)14-5-3-4-8(10)11/h4,6H,3,5H2,1-2H3. The zero-order chi connectivity index (χ0) is 10.6. The smallest absolute Gasteiger partial charge is 0.262 e. The summed E-state index contributed by atoms with van der Waals surface area (Å²) in [6.07, 6.45) is -0.278. The second kappa shape index (κ2) is 5.14. The lowest BCUT2D eigenvalue weighted by molar-refractivity contribution is 0.418. The van der Waals surface area contributed by atoms with Gasteiger partial charge in [-0.3, -0.25) is 4.68 Å². The van der Waals surface area contributed by atoms with E-state index >= 15 is 0 Å². The summed E-state index contributed by atoms with van der Waals surface area (Å²) in [5, 5.41) is 5.17. The van der Waals surface area contributed by atoms with Gasteiger partial charge in [0, 0.05) is 12.8 Å². The Labute approximate surface area is 86.0 Å². The molecule has 0 saturated heterocycles. The molecule has 1 rings (SSSR count). The molecule has 1 aromatic rings. The molecule has 0 aliphatic rings. The van der Waals surface area contributed by atoms with Crippen LogP contribution in [0.3, 0.4) is 0 Å². The fourth-order valence-corrected chi connectivity index (χ4v) is 1.98. The Hall–Kier alpha value is -0.840. The van der Waals surface area contributed by atoms with E-state index in [2.05, 4.69) is 5.10 Å². The maximum absolute atomic E-state index is 11.7. The zero-order valence-electron chi connectivity index (χ0n) is 8.13. The highest BCUT2D eigenvalue weighted by Crippen LogP contribution is 2.19. The van der Waals surface area contributed by atoms with Crippen molar-refractivity contribution in [2.24, 2.45) is 7.05 Å². The molecule has 0 spiro atoms. The van der Waals surface area contributed by atoms with Gasteiger partial charge in [-0.1, -0.05) is 0 Å². The van der Waals surface area contributed by atoms with Crippen molar-refractivity contribution < 1.29 is 8.78 Å². The van der Waals surface area contributed by atoms with Crippen LogP contribution in [0.15, 0.2) is 23.2 Å². The van der Waals surface area contributed by atoms with Gasteiger partial charge in [0.1, 0.15) is 0 Å². The lowest BCUT2D eigenvalue weighted by atomic mass is 10.5. The zero-order valence-corrected chi connectivity index (χ0v) is 8.94. The van der Waals surface area contributed by atoms with Crippen molar-refractivity contribution in [1.29, 1.82) is 0 Å².